The number of nitrogens with zero attached hydrogens (tertiary/aromatic N) is 1. The fourth-order valence-electron chi connectivity index (χ4n) is 0.408. The summed E-state index contributed by atoms with van der Waals surface area (Å²) in [6.45, 7) is 3.59. The minimum absolute atomic E-state index is 0.0782. The molecular formula is C7H10N2O. The first-order valence-corrected chi connectivity index (χ1v) is 3.00. The Labute approximate surface area is 60.3 Å². The molecule has 0 radical (unpaired) electrons. The van der Waals surface area contributed by atoms with E-state index in [-0.39, 0.29) is 12.3 Å². The summed E-state index contributed by atoms with van der Waals surface area (Å²) in [5.41, 5.74) is 0.778. The van der Waals surface area contributed by atoms with Crippen LogP contribution in [0, 0.1) is 11.3 Å². The van der Waals surface area contributed by atoms with Gasteiger partial charge >= 0.3 is 0 Å². The number of rotatable bonds is 2. The van der Waals surface area contributed by atoms with Crippen molar-refractivity contribution in [1.29, 1.82) is 5.26 Å². The Kier molecular flexibility index (Phi) is 3.97. The zero-order valence-electron chi connectivity index (χ0n) is 6.14. The van der Waals surface area contributed by atoms with Gasteiger partial charge in [0.15, 0.2) is 0 Å². The number of hydrogen-bond donors (Lipinski definition) is 1. The lowest BCUT2D eigenvalue weighted by molar-refractivity contribution is -0.119. The molecule has 3 nitrogen and oxygen atoms in total. The first-order valence-electron chi connectivity index (χ1n) is 3.00. The van der Waals surface area contributed by atoms with Crippen molar-refractivity contribution in [3.05, 3.63) is 11.8 Å². The van der Waals surface area contributed by atoms with E-state index in [1.807, 2.05) is 6.92 Å². The average Bonchev–Trinajstić information content (AvgIpc) is 1.88. The average molecular weight is 138 g/mol. The third-order valence-corrected chi connectivity index (χ3v) is 1.01. The standard InChI is InChI=1S/C7H10N2O/c1-3-6(2)9-7(10)4-5-8/h3H,4H2,1-2H3,(H,9,10). The van der Waals surface area contributed by atoms with Gasteiger partial charge in [-0.3, -0.25) is 4.79 Å². The highest BCUT2D eigenvalue weighted by Gasteiger charge is 1.97. The fourth-order valence-corrected chi connectivity index (χ4v) is 0.408. The lowest BCUT2D eigenvalue weighted by atomic mass is 10.4. The van der Waals surface area contributed by atoms with Crippen molar-refractivity contribution in [2.75, 3.05) is 0 Å². The van der Waals surface area contributed by atoms with E-state index in [0.717, 1.165) is 5.70 Å². The Balaban J connectivity index is 3.71. The van der Waals surface area contributed by atoms with Gasteiger partial charge in [0.1, 0.15) is 6.42 Å². The predicted octanol–water partition coefficient (Wildman–Crippen LogP) is 0.940. The van der Waals surface area contributed by atoms with E-state index >= 15 is 0 Å². The van der Waals surface area contributed by atoms with E-state index in [1.165, 1.54) is 0 Å². The number of carbonyl (C=O) groups excluding carboxylic acids is 1. The normalized spacial score (nSPS) is 10.3. The molecule has 0 spiro atoms. The molecule has 1 amide bonds. The first-order chi connectivity index (χ1) is 4.70. The molecule has 0 aliphatic rings. The van der Waals surface area contributed by atoms with Crippen LogP contribution in [0.25, 0.3) is 0 Å². The molecule has 54 valence electrons. The summed E-state index contributed by atoms with van der Waals surface area (Å²) >= 11 is 0. The Morgan fingerprint density at radius 3 is 2.80 bits per heavy atom. The summed E-state index contributed by atoms with van der Waals surface area (Å²) in [5, 5.41) is 10.6. The summed E-state index contributed by atoms with van der Waals surface area (Å²) in [6.07, 6.45) is 1.69. The van der Waals surface area contributed by atoms with Crippen LogP contribution in [0.15, 0.2) is 11.8 Å². The van der Waals surface area contributed by atoms with Gasteiger partial charge in [0.2, 0.25) is 5.91 Å². The van der Waals surface area contributed by atoms with Crippen LogP contribution in [0.4, 0.5) is 0 Å². The monoisotopic (exact) mass is 138 g/mol. The molecular weight excluding hydrogens is 128 g/mol. The molecule has 0 aromatic rings. The zero-order valence-corrected chi connectivity index (χ0v) is 6.14. The quantitative estimate of drug-likeness (QED) is 0.617. The maximum Gasteiger partial charge on any atom is 0.238 e. The molecule has 1 N–H and O–H groups in total. The maximum atomic E-state index is 10.6. The number of carbonyl (C=O) groups is 1. The highest BCUT2D eigenvalue weighted by molar-refractivity contribution is 5.79. The summed E-state index contributed by atoms with van der Waals surface area (Å²) in [7, 11) is 0. The second-order valence-corrected chi connectivity index (χ2v) is 1.85. The van der Waals surface area contributed by atoms with Crippen LogP contribution in [0.1, 0.15) is 20.3 Å². The maximum absolute atomic E-state index is 10.6. The van der Waals surface area contributed by atoms with E-state index in [2.05, 4.69) is 5.32 Å². The van der Waals surface area contributed by atoms with Gasteiger partial charge in [-0.1, -0.05) is 6.08 Å². The fraction of sp³-hybridized carbons (Fsp3) is 0.429. The van der Waals surface area contributed by atoms with Crippen molar-refractivity contribution in [3.8, 4) is 6.07 Å². The zero-order chi connectivity index (χ0) is 7.98. The second-order valence-electron chi connectivity index (χ2n) is 1.85. The molecule has 10 heavy (non-hydrogen) atoms. The smallest absolute Gasteiger partial charge is 0.238 e. The van der Waals surface area contributed by atoms with Gasteiger partial charge < -0.3 is 5.32 Å². The minimum atomic E-state index is -0.252. The van der Waals surface area contributed by atoms with Crippen molar-refractivity contribution in [2.24, 2.45) is 0 Å². The molecule has 0 aliphatic heterocycles. The number of amides is 1. The molecule has 0 saturated carbocycles. The lowest BCUT2D eigenvalue weighted by Crippen LogP contribution is -2.19. The summed E-state index contributed by atoms with van der Waals surface area (Å²) < 4.78 is 0. The third kappa shape index (κ3) is 3.67. The molecule has 0 rings (SSSR count). The number of hydrogen-bond acceptors (Lipinski definition) is 2. The van der Waals surface area contributed by atoms with E-state index < -0.39 is 0 Å². The van der Waals surface area contributed by atoms with Crippen molar-refractivity contribution >= 4 is 5.91 Å². The Bertz CT molecular complexity index is 188. The van der Waals surface area contributed by atoms with Crippen molar-refractivity contribution in [1.82, 2.24) is 5.32 Å². The molecule has 0 atom stereocenters. The van der Waals surface area contributed by atoms with Crippen molar-refractivity contribution < 1.29 is 4.79 Å². The van der Waals surface area contributed by atoms with Gasteiger partial charge in [0, 0.05) is 5.70 Å². The van der Waals surface area contributed by atoms with Crippen LogP contribution in [-0.4, -0.2) is 5.91 Å². The lowest BCUT2D eigenvalue weighted by Gasteiger charge is -1.99. The molecule has 0 saturated heterocycles. The summed E-state index contributed by atoms with van der Waals surface area (Å²) in [5.74, 6) is -0.252. The van der Waals surface area contributed by atoms with Crippen molar-refractivity contribution in [3.63, 3.8) is 0 Å². The molecule has 0 aliphatic carbocycles. The van der Waals surface area contributed by atoms with Crippen LogP contribution in [0.2, 0.25) is 0 Å². The van der Waals surface area contributed by atoms with E-state index in [1.54, 1.807) is 19.1 Å². The minimum Gasteiger partial charge on any atom is -0.330 e. The molecule has 0 fully saturated rings. The van der Waals surface area contributed by atoms with Crippen LogP contribution >= 0.6 is 0 Å². The molecule has 0 unspecified atom stereocenters. The van der Waals surface area contributed by atoms with Gasteiger partial charge in [0.25, 0.3) is 0 Å². The van der Waals surface area contributed by atoms with Crippen LogP contribution in [-0.2, 0) is 4.79 Å². The summed E-state index contributed by atoms with van der Waals surface area (Å²) in [6, 6.07) is 1.76. The molecule has 3 heteroatoms. The first kappa shape index (κ1) is 8.70. The Morgan fingerprint density at radius 1 is 1.80 bits per heavy atom. The van der Waals surface area contributed by atoms with E-state index in [4.69, 9.17) is 5.26 Å². The van der Waals surface area contributed by atoms with Gasteiger partial charge in [-0.15, -0.1) is 0 Å². The largest absolute Gasteiger partial charge is 0.330 e. The van der Waals surface area contributed by atoms with Gasteiger partial charge in [0.05, 0.1) is 6.07 Å². The summed E-state index contributed by atoms with van der Waals surface area (Å²) in [4.78, 5) is 10.6. The van der Waals surface area contributed by atoms with Crippen LogP contribution in [0.5, 0.6) is 0 Å². The van der Waals surface area contributed by atoms with E-state index in [0.29, 0.717) is 0 Å². The van der Waals surface area contributed by atoms with Gasteiger partial charge in [-0.2, -0.15) is 5.26 Å². The van der Waals surface area contributed by atoms with Gasteiger partial charge in [-0.25, -0.2) is 0 Å². The SMILES string of the molecule is CC=C(C)NC(=O)CC#N. The molecule has 0 bridgehead atoms. The molecule has 0 aromatic carbocycles. The van der Waals surface area contributed by atoms with Gasteiger partial charge in [-0.05, 0) is 13.8 Å². The molecule has 0 aromatic heterocycles. The number of allylic oxidation sites excluding steroid dienone is 2. The second kappa shape index (κ2) is 4.57. The van der Waals surface area contributed by atoms with Crippen molar-refractivity contribution in [2.45, 2.75) is 20.3 Å². The highest BCUT2D eigenvalue weighted by Crippen LogP contribution is 1.85. The Morgan fingerprint density at radius 2 is 2.40 bits per heavy atom. The van der Waals surface area contributed by atoms with Crippen LogP contribution < -0.4 is 5.32 Å². The van der Waals surface area contributed by atoms with E-state index in [9.17, 15) is 4.79 Å². The Hall–Kier alpha value is -1.30. The number of nitrogens with one attached hydrogen (secondary N) is 1. The highest BCUT2D eigenvalue weighted by atomic mass is 16.1. The predicted molar refractivity (Wildman–Crippen MR) is 37.8 cm³/mol. The number of nitriles is 1. The third-order valence-electron chi connectivity index (χ3n) is 1.01. The van der Waals surface area contributed by atoms with Crippen LogP contribution in [0.3, 0.4) is 0 Å². The topological polar surface area (TPSA) is 52.9 Å². The molecule has 0 heterocycles.